The van der Waals surface area contributed by atoms with Crippen LogP contribution < -0.4 is 4.90 Å². The average Bonchev–Trinajstić information content (AvgIpc) is 2.77. The maximum absolute atomic E-state index is 6.25. The molecule has 2 nitrogen and oxygen atoms in total. The molecule has 0 saturated heterocycles. The first-order valence-corrected chi connectivity index (χ1v) is 6.34. The predicted molar refractivity (Wildman–Crippen MR) is 67.1 cm³/mol. The number of rotatable bonds is 7. The van der Waals surface area contributed by atoms with Gasteiger partial charge in [-0.2, -0.15) is 0 Å². The van der Waals surface area contributed by atoms with Gasteiger partial charge in [0.05, 0.1) is 12.7 Å². The molecule has 1 aliphatic heterocycles. The smallest absolute Gasteiger partial charge is 0.112 e. The Morgan fingerprint density at radius 2 is 1.81 bits per heavy atom. The third-order valence-corrected chi connectivity index (χ3v) is 2.86. The molecule has 0 bridgehead atoms. The Labute approximate surface area is 100 Å². The zero-order valence-corrected chi connectivity index (χ0v) is 10.6. The lowest BCUT2D eigenvalue weighted by atomic mass is 10.2. The van der Waals surface area contributed by atoms with E-state index in [1.807, 2.05) is 0 Å². The summed E-state index contributed by atoms with van der Waals surface area (Å²) in [5.41, 5.74) is 1.60. The highest BCUT2D eigenvalue weighted by molar-refractivity contribution is 5.10. The van der Waals surface area contributed by atoms with E-state index in [9.17, 15) is 0 Å². The summed E-state index contributed by atoms with van der Waals surface area (Å²) >= 11 is 0. The SMILES string of the molecule is CCCCC[NH+]1C=CC=C1CCCC.[C-]#N. The molecule has 0 spiro atoms. The Morgan fingerprint density at radius 1 is 1.12 bits per heavy atom. The van der Waals surface area contributed by atoms with E-state index in [-0.39, 0.29) is 0 Å². The molecule has 0 aliphatic carbocycles. The summed E-state index contributed by atoms with van der Waals surface area (Å²) in [4.78, 5) is 1.60. The highest BCUT2D eigenvalue weighted by atomic mass is 15.1. The fourth-order valence-corrected chi connectivity index (χ4v) is 1.91. The van der Waals surface area contributed by atoms with Gasteiger partial charge in [-0.25, -0.2) is 0 Å². The van der Waals surface area contributed by atoms with Crippen molar-refractivity contribution >= 4 is 0 Å². The second-order valence-corrected chi connectivity index (χ2v) is 4.14. The number of quaternary nitrogens is 1. The quantitative estimate of drug-likeness (QED) is 0.518. The Bertz CT molecular complexity index is 238. The zero-order chi connectivity index (χ0) is 12.2. The molecule has 0 aromatic rings. The molecule has 2 heteroatoms. The van der Waals surface area contributed by atoms with Crippen LogP contribution in [0.2, 0.25) is 0 Å². The molecule has 0 radical (unpaired) electrons. The summed E-state index contributed by atoms with van der Waals surface area (Å²) in [6.07, 6.45) is 14.8. The van der Waals surface area contributed by atoms with Crippen molar-refractivity contribution in [2.45, 2.75) is 52.4 Å². The van der Waals surface area contributed by atoms with Gasteiger partial charge >= 0.3 is 0 Å². The molecular weight excluding hydrogens is 196 g/mol. The Hall–Kier alpha value is -1.07. The lowest BCUT2D eigenvalue weighted by Crippen LogP contribution is -3.04. The molecular formula is C14H24N2. The molecule has 1 unspecified atom stereocenters. The van der Waals surface area contributed by atoms with Crippen molar-refractivity contribution in [3.63, 3.8) is 0 Å². The van der Waals surface area contributed by atoms with Gasteiger partial charge in [-0.15, -0.1) is 0 Å². The van der Waals surface area contributed by atoms with Crippen LogP contribution in [0.3, 0.4) is 0 Å². The molecule has 1 aliphatic rings. The molecule has 0 aromatic carbocycles. The number of hydrogen-bond acceptors (Lipinski definition) is 1. The monoisotopic (exact) mass is 220 g/mol. The van der Waals surface area contributed by atoms with E-state index >= 15 is 0 Å². The van der Waals surface area contributed by atoms with Crippen LogP contribution in [0.4, 0.5) is 0 Å². The maximum atomic E-state index is 6.25. The van der Waals surface area contributed by atoms with Crippen molar-refractivity contribution in [3.05, 3.63) is 30.6 Å². The van der Waals surface area contributed by atoms with Crippen LogP contribution in [0.1, 0.15) is 52.4 Å². The van der Waals surface area contributed by atoms with Gasteiger partial charge in [0.25, 0.3) is 0 Å². The first-order valence-electron chi connectivity index (χ1n) is 6.34. The van der Waals surface area contributed by atoms with Crippen LogP contribution in [0.15, 0.2) is 24.0 Å². The van der Waals surface area contributed by atoms with Crippen molar-refractivity contribution in [2.24, 2.45) is 0 Å². The Balaban J connectivity index is 0.00000106. The predicted octanol–water partition coefficient (Wildman–Crippen LogP) is 2.76. The van der Waals surface area contributed by atoms with Crippen LogP contribution in [0.5, 0.6) is 0 Å². The maximum Gasteiger partial charge on any atom is 0.112 e. The lowest BCUT2D eigenvalue weighted by Gasteiger charge is -2.13. The number of nitrogens with zero attached hydrogens (tertiary/aromatic N) is 1. The minimum Gasteiger partial charge on any atom is -0.512 e. The Morgan fingerprint density at radius 3 is 2.44 bits per heavy atom. The van der Waals surface area contributed by atoms with Gasteiger partial charge in [-0.1, -0.05) is 26.7 Å². The lowest BCUT2D eigenvalue weighted by molar-refractivity contribution is -0.804. The van der Waals surface area contributed by atoms with Gasteiger partial charge in [-0.3, -0.25) is 4.90 Å². The second-order valence-electron chi connectivity index (χ2n) is 4.14. The van der Waals surface area contributed by atoms with Crippen molar-refractivity contribution < 1.29 is 4.90 Å². The van der Waals surface area contributed by atoms with Gasteiger partial charge in [0.1, 0.15) is 5.70 Å². The van der Waals surface area contributed by atoms with Crippen LogP contribution >= 0.6 is 0 Å². The van der Waals surface area contributed by atoms with Crippen LogP contribution in [-0.4, -0.2) is 6.54 Å². The molecule has 1 atom stereocenters. The topological polar surface area (TPSA) is 28.2 Å². The molecule has 90 valence electrons. The standard InChI is InChI=1S/C13H23N.CN/c1-3-5-7-11-14-12-8-10-13(14)9-6-4-2;1-2/h8,10,12H,3-7,9,11H2,1-2H3;/q;-1/p+1. The Kier molecular flexibility index (Phi) is 9.75. The van der Waals surface area contributed by atoms with E-state index in [0.29, 0.717) is 0 Å². The number of nitrogens with one attached hydrogen (secondary N) is 1. The van der Waals surface area contributed by atoms with Crippen LogP contribution in [-0.2, 0) is 0 Å². The molecule has 0 saturated carbocycles. The van der Waals surface area contributed by atoms with Crippen LogP contribution in [0.25, 0.3) is 0 Å². The fourth-order valence-electron chi connectivity index (χ4n) is 1.91. The average molecular weight is 220 g/mol. The second kappa shape index (κ2) is 10.4. The fraction of sp³-hybridized carbons (Fsp3) is 0.643. The number of allylic oxidation sites excluding steroid dienone is 3. The largest absolute Gasteiger partial charge is 0.512 e. The summed E-state index contributed by atoms with van der Waals surface area (Å²) in [7, 11) is 0. The summed E-state index contributed by atoms with van der Waals surface area (Å²) in [5, 5.41) is 6.25. The minimum atomic E-state index is 1.28. The van der Waals surface area contributed by atoms with E-state index < -0.39 is 0 Å². The van der Waals surface area contributed by atoms with E-state index in [1.54, 1.807) is 10.6 Å². The molecule has 0 amide bonds. The van der Waals surface area contributed by atoms with E-state index in [0.717, 1.165) is 0 Å². The van der Waals surface area contributed by atoms with Gasteiger partial charge in [0.2, 0.25) is 0 Å². The van der Waals surface area contributed by atoms with E-state index in [4.69, 9.17) is 11.8 Å². The van der Waals surface area contributed by atoms with E-state index in [2.05, 4.69) is 32.2 Å². The minimum absolute atomic E-state index is 1.28. The first-order chi connectivity index (χ1) is 7.88. The molecule has 1 heterocycles. The van der Waals surface area contributed by atoms with Gasteiger partial charge in [0, 0.05) is 12.5 Å². The van der Waals surface area contributed by atoms with Gasteiger partial charge in [-0.05, 0) is 25.3 Å². The molecule has 0 fully saturated rings. The summed E-state index contributed by atoms with van der Waals surface area (Å²) in [6, 6.07) is 0. The molecule has 1 N–H and O–H groups in total. The molecule has 0 aromatic heterocycles. The summed E-state index contributed by atoms with van der Waals surface area (Å²) in [5.74, 6) is 0. The highest BCUT2D eigenvalue weighted by Crippen LogP contribution is 2.04. The number of unbranched alkanes of at least 4 members (excludes halogenated alkanes) is 3. The first kappa shape index (κ1) is 14.9. The third kappa shape index (κ3) is 5.72. The third-order valence-electron chi connectivity index (χ3n) is 2.86. The summed E-state index contributed by atoms with van der Waals surface area (Å²) < 4.78 is 0. The summed E-state index contributed by atoms with van der Waals surface area (Å²) in [6.45, 7) is 10.6. The van der Waals surface area contributed by atoms with Crippen molar-refractivity contribution in [3.8, 4) is 0 Å². The molecule has 16 heavy (non-hydrogen) atoms. The highest BCUT2D eigenvalue weighted by Gasteiger charge is 2.14. The van der Waals surface area contributed by atoms with E-state index in [1.165, 1.54) is 45.1 Å². The number of hydrogen-bond donors (Lipinski definition) is 1. The van der Waals surface area contributed by atoms with Crippen molar-refractivity contribution in [1.29, 1.82) is 5.26 Å². The van der Waals surface area contributed by atoms with Gasteiger partial charge in [0.15, 0.2) is 0 Å². The molecule has 1 rings (SSSR count). The van der Waals surface area contributed by atoms with Gasteiger partial charge < -0.3 is 11.8 Å². The normalized spacial score (nSPS) is 17.8. The van der Waals surface area contributed by atoms with Crippen molar-refractivity contribution in [2.75, 3.05) is 6.54 Å². The van der Waals surface area contributed by atoms with Crippen molar-refractivity contribution in [1.82, 2.24) is 0 Å². The zero-order valence-electron chi connectivity index (χ0n) is 10.6. The van der Waals surface area contributed by atoms with Crippen LogP contribution in [0, 0.1) is 11.8 Å².